The highest BCUT2D eigenvalue weighted by atomic mass is 16.5. The summed E-state index contributed by atoms with van der Waals surface area (Å²) in [4.78, 5) is 23.1. The van der Waals surface area contributed by atoms with Gasteiger partial charge in [-0.2, -0.15) is 5.10 Å². The van der Waals surface area contributed by atoms with Gasteiger partial charge < -0.3 is 15.4 Å². The van der Waals surface area contributed by atoms with Crippen molar-refractivity contribution in [3.8, 4) is 5.75 Å². The molecule has 7 heteroatoms. The van der Waals surface area contributed by atoms with Gasteiger partial charge in [-0.1, -0.05) is 0 Å². The standard InChI is InChI=1S/C12H10N4O3/c17-11-6-19-10-3-7(1-2-9(10)16-11)12(18)15-8-4-13-14-5-8/h1-5H,6H2,(H,13,14)(H,15,18)(H,16,17). The van der Waals surface area contributed by atoms with Crippen molar-refractivity contribution >= 4 is 23.2 Å². The van der Waals surface area contributed by atoms with Crippen LogP contribution in [0, 0.1) is 0 Å². The first kappa shape index (κ1) is 11.3. The molecule has 0 spiro atoms. The van der Waals surface area contributed by atoms with Gasteiger partial charge in [0, 0.05) is 11.8 Å². The number of hydrogen-bond donors (Lipinski definition) is 3. The Bertz CT molecular complexity index is 636. The van der Waals surface area contributed by atoms with Crippen LogP contribution in [0.1, 0.15) is 10.4 Å². The maximum atomic E-state index is 12.0. The zero-order valence-electron chi connectivity index (χ0n) is 9.77. The van der Waals surface area contributed by atoms with E-state index in [1.54, 1.807) is 24.4 Å². The van der Waals surface area contributed by atoms with Crippen LogP contribution in [-0.4, -0.2) is 28.6 Å². The third-order valence-electron chi connectivity index (χ3n) is 2.63. The van der Waals surface area contributed by atoms with E-state index in [2.05, 4.69) is 20.8 Å². The fourth-order valence-electron chi connectivity index (χ4n) is 1.74. The van der Waals surface area contributed by atoms with E-state index >= 15 is 0 Å². The predicted octanol–water partition coefficient (Wildman–Crippen LogP) is 0.993. The number of anilines is 2. The van der Waals surface area contributed by atoms with Crippen LogP contribution in [0.3, 0.4) is 0 Å². The molecule has 0 radical (unpaired) electrons. The van der Waals surface area contributed by atoms with Crippen LogP contribution in [0.15, 0.2) is 30.6 Å². The van der Waals surface area contributed by atoms with E-state index < -0.39 is 0 Å². The van der Waals surface area contributed by atoms with E-state index in [9.17, 15) is 9.59 Å². The maximum absolute atomic E-state index is 12.0. The number of aromatic amines is 1. The molecule has 1 aromatic heterocycles. The van der Waals surface area contributed by atoms with Crippen LogP contribution in [0.4, 0.5) is 11.4 Å². The van der Waals surface area contributed by atoms with Crippen LogP contribution in [-0.2, 0) is 4.79 Å². The van der Waals surface area contributed by atoms with Crippen molar-refractivity contribution in [2.75, 3.05) is 17.2 Å². The molecule has 0 saturated carbocycles. The molecule has 2 heterocycles. The van der Waals surface area contributed by atoms with Gasteiger partial charge in [-0.25, -0.2) is 0 Å². The Balaban J connectivity index is 1.82. The number of nitrogens with zero attached hydrogens (tertiary/aromatic N) is 1. The first-order chi connectivity index (χ1) is 9.22. The van der Waals surface area contributed by atoms with Gasteiger partial charge in [0.15, 0.2) is 6.61 Å². The summed E-state index contributed by atoms with van der Waals surface area (Å²) in [5.41, 5.74) is 1.59. The Labute approximate surface area is 108 Å². The molecule has 3 N–H and O–H groups in total. The van der Waals surface area contributed by atoms with Crippen LogP contribution in [0.2, 0.25) is 0 Å². The Kier molecular flexibility index (Phi) is 2.64. The zero-order chi connectivity index (χ0) is 13.2. The van der Waals surface area contributed by atoms with E-state index in [1.165, 1.54) is 6.20 Å². The quantitative estimate of drug-likeness (QED) is 0.748. The number of hydrogen-bond acceptors (Lipinski definition) is 4. The fourth-order valence-corrected chi connectivity index (χ4v) is 1.74. The molecule has 2 aromatic rings. The van der Waals surface area contributed by atoms with Crippen LogP contribution in [0.5, 0.6) is 5.75 Å². The monoisotopic (exact) mass is 258 g/mol. The number of ether oxygens (including phenoxy) is 1. The third-order valence-corrected chi connectivity index (χ3v) is 2.63. The molecule has 1 aliphatic heterocycles. The molecule has 0 aliphatic carbocycles. The smallest absolute Gasteiger partial charge is 0.262 e. The van der Waals surface area contributed by atoms with Gasteiger partial charge in [-0.05, 0) is 18.2 Å². The second kappa shape index (κ2) is 4.45. The van der Waals surface area contributed by atoms with E-state index in [1.807, 2.05) is 0 Å². The van der Waals surface area contributed by atoms with E-state index in [0.717, 1.165) is 0 Å². The Morgan fingerprint density at radius 3 is 3.11 bits per heavy atom. The van der Waals surface area contributed by atoms with Crippen molar-refractivity contribution < 1.29 is 14.3 Å². The summed E-state index contributed by atoms with van der Waals surface area (Å²) in [5.74, 6) is 0.00671. The predicted molar refractivity (Wildman–Crippen MR) is 67.1 cm³/mol. The first-order valence-electron chi connectivity index (χ1n) is 5.59. The maximum Gasteiger partial charge on any atom is 0.262 e. The first-order valence-corrected chi connectivity index (χ1v) is 5.59. The van der Waals surface area contributed by atoms with Crippen molar-refractivity contribution in [2.45, 2.75) is 0 Å². The van der Waals surface area contributed by atoms with Crippen molar-refractivity contribution in [1.29, 1.82) is 0 Å². The lowest BCUT2D eigenvalue weighted by atomic mass is 10.1. The number of carbonyl (C=O) groups excluding carboxylic acids is 2. The number of fused-ring (bicyclic) bond motifs is 1. The molecule has 96 valence electrons. The molecule has 0 saturated heterocycles. The topological polar surface area (TPSA) is 96.1 Å². The molecule has 0 bridgehead atoms. The Morgan fingerprint density at radius 2 is 2.32 bits per heavy atom. The lowest BCUT2D eigenvalue weighted by Gasteiger charge is -2.18. The summed E-state index contributed by atoms with van der Waals surface area (Å²) < 4.78 is 5.25. The Morgan fingerprint density at radius 1 is 1.42 bits per heavy atom. The molecule has 19 heavy (non-hydrogen) atoms. The second-order valence-corrected chi connectivity index (χ2v) is 3.99. The summed E-state index contributed by atoms with van der Waals surface area (Å²) in [6.07, 6.45) is 3.08. The third kappa shape index (κ3) is 2.25. The van der Waals surface area contributed by atoms with Gasteiger partial charge >= 0.3 is 0 Å². The lowest BCUT2D eigenvalue weighted by molar-refractivity contribution is -0.118. The molecule has 1 aromatic carbocycles. The van der Waals surface area contributed by atoms with Gasteiger partial charge in [0.1, 0.15) is 5.75 Å². The molecular formula is C12H10N4O3. The normalized spacial score (nSPS) is 13.2. The van der Waals surface area contributed by atoms with Gasteiger partial charge in [0.25, 0.3) is 11.8 Å². The van der Waals surface area contributed by atoms with Crippen LogP contribution < -0.4 is 15.4 Å². The zero-order valence-corrected chi connectivity index (χ0v) is 9.77. The van der Waals surface area contributed by atoms with Gasteiger partial charge in [-0.15, -0.1) is 0 Å². The van der Waals surface area contributed by atoms with Gasteiger partial charge in [-0.3, -0.25) is 14.7 Å². The lowest BCUT2D eigenvalue weighted by Crippen LogP contribution is -2.25. The average molecular weight is 258 g/mol. The van der Waals surface area contributed by atoms with Crippen LogP contribution in [0.25, 0.3) is 0 Å². The number of rotatable bonds is 2. The number of aromatic nitrogens is 2. The summed E-state index contributed by atoms with van der Waals surface area (Å²) in [6, 6.07) is 4.84. The highest BCUT2D eigenvalue weighted by Crippen LogP contribution is 2.28. The van der Waals surface area contributed by atoms with Crippen LogP contribution >= 0.6 is 0 Å². The average Bonchev–Trinajstić information content (AvgIpc) is 2.91. The largest absolute Gasteiger partial charge is 0.482 e. The summed E-state index contributed by atoms with van der Waals surface area (Å²) in [5, 5.41) is 11.7. The van der Waals surface area contributed by atoms with Gasteiger partial charge in [0.2, 0.25) is 0 Å². The SMILES string of the molecule is O=C1COc2cc(C(=O)Nc3cn[nH]c3)ccc2N1. The Hall–Kier alpha value is -2.83. The minimum absolute atomic E-state index is 0.0419. The fraction of sp³-hybridized carbons (Fsp3) is 0.0833. The van der Waals surface area contributed by atoms with Crippen molar-refractivity contribution in [2.24, 2.45) is 0 Å². The van der Waals surface area contributed by atoms with Crippen molar-refractivity contribution in [3.05, 3.63) is 36.2 Å². The number of H-pyrrole nitrogens is 1. The second-order valence-electron chi connectivity index (χ2n) is 3.99. The van der Waals surface area contributed by atoms with Crippen molar-refractivity contribution in [3.63, 3.8) is 0 Å². The summed E-state index contributed by atoms with van der Waals surface area (Å²) in [7, 11) is 0. The number of benzene rings is 1. The molecule has 0 atom stereocenters. The van der Waals surface area contributed by atoms with Crippen molar-refractivity contribution in [1.82, 2.24) is 10.2 Å². The highest BCUT2D eigenvalue weighted by molar-refractivity contribution is 6.05. The molecule has 3 rings (SSSR count). The van der Waals surface area contributed by atoms with E-state index in [-0.39, 0.29) is 18.4 Å². The number of nitrogens with one attached hydrogen (secondary N) is 3. The molecule has 7 nitrogen and oxygen atoms in total. The minimum atomic E-state index is -0.273. The number of carbonyl (C=O) groups is 2. The molecule has 2 amide bonds. The highest BCUT2D eigenvalue weighted by Gasteiger charge is 2.17. The molecule has 0 fully saturated rings. The summed E-state index contributed by atoms with van der Waals surface area (Å²) in [6.45, 7) is -0.0419. The molecule has 0 unspecified atom stereocenters. The van der Waals surface area contributed by atoms with E-state index in [0.29, 0.717) is 22.7 Å². The minimum Gasteiger partial charge on any atom is -0.482 e. The summed E-state index contributed by atoms with van der Waals surface area (Å²) >= 11 is 0. The number of amides is 2. The molecule has 1 aliphatic rings. The van der Waals surface area contributed by atoms with E-state index in [4.69, 9.17) is 4.74 Å². The molecular weight excluding hydrogens is 248 g/mol. The van der Waals surface area contributed by atoms with Gasteiger partial charge in [0.05, 0.1) is 17.6 Å².